The number of likely N-dealkylation sites (tertiary alicyclic amines) is 1. The maximum Gasteiger partial charge on any atom is 0.407 e. The number of benzene rings is 1. The quantitative estimate of drug-likeness (QED) is 0.520. The Morgan fingerprint density at radius 1 is 1.13 bits per heavy atom. The highest BCUT2D eigenvalue weighted by molar-refractivity contribution is 6.31. The Labute approximate surface area is 228 Å². The van der Waals surface area contributed by atoms with Gasteiger partial charge in [-0.1, -0.05) is 29.8 Å². The Bertz CT molecular complexity index is 1390. The van der Waals surface area contributed by atoms with Gasteiger partial charge in [0.2, 0.25) is 0 Å². The number of alkyl carbamates (subject to hydrolysis) is 1. The number of hydrogen-bond acceptors (Lipinski definition) is 6. The van der Waals surface area contributed by atoms with E-state index in [1.165, 1.54) is 0 Å². The number of nitrogens with one attached hydrogen (secondary N) is 1. The zero-order chi connectivity index (χ0) is 27.2. The van der Waals surface area contributed by atoms with Gasteiger partial charge in [-0.15, -0.1) is 0 Å². The molecule has 9 nitrogen and oxygen atoms in total. The van der Waals surface area contributed by atoms with E-state index in [1.54, 1.807) is 4.52 Å². The first-order chi connectivity index (χ1) is 18.0. The molecule has 0 spiro atoms. The van der Waals surface area contributed by atoms with Crippen molar-refractivity contribution >= 4 is 29.2 Å². The molecule has 1 N–H and O–H groups in total. The number of ether oxygens (including phenoxy) is 1. The first kappa shape index (κ1) is 26.4. The van der Waals surface area contributed by atoms with Crippen molar-refractivity contribution in [1.82, 2.24) is 29.7 Å². The number of aryl methyl sites for hydroxylation is 2. The lowest BCUT2D eigenvalue weighted by Crippen LogP contribution is -2.46. The van der Waals surface area contributed by atoms with Crippen LogP contribution in [0, 0.1) is 13.8 Å². The molecule has 1 aromatic carbocycles. The Morgan fingerprint density at radius 3 is 2.55 bits per heavy atom. The van der Waals surface area contributed by atoms with Crippen molar-refractivity contribution in [2.75, 3.05) is 13.1 Å². The zero-order valence-electron chi connectivity index (χ0n) is 22.7. The fourth-order valence-electron chi connectivity index (χ4n) is 5.24. The van der Waals surface area contributed by atoms with Crippen LogP contribution in [0.2, 0.25) is 5.02 Å². The van der Waals surface area contributed by atoms with Gasteiger partial charge < -0.3 is 15.0 Å². The number of halogens is 1. The van der Waals surface area contributed by atoms with Crippen molar-refractivity contribution in [1.29, 1.82) is 0 Å². The fraction of sp³-hybridized carbons (Fsp3) is 0.500. The molecule has 0 bridgehead atoms. The van der Waals surface area contributed by atoms with Gasteiger partial charge in [0, 0.05) is 36.8 Å². The number of nitrogens with zero attached hydrogens (tertiary/aromatic N) is 5. The molecule has 38 heavy (non-hydrogen) atoms. The summed E-state index contributed by atoms with van der Waals surface area (Å²) in [7, 11) is 0. The summed E-state index contributed by atoms with van der Waals surface area (Å²) in [6.45, 7) is 12.7. The van der Waals surface area contributed by atoms with E-state index < -0.39 is 5.60 Å². The van der Waals surface area contributed by atoms with Gasteiger partial charge in [0.25, 0.3) is 5.91 Å². The van der Waals surface area contributed by atoms with Crippen LogP contribution in [0.3, 0.4) is 0 Å². The summed E-state index contributed by atoms with van der Waals surface area (Å²) in [4.78, 5) is 34.6. The van der Waals surface area contributed by atoms with Crippen molar-refractivity contribution in [2.24, 2.45) is 0 Å². The first-order valence-electron chi connectivity index (χ1n) is 13.1. The number of aromatic nitrogens is 3. The molecule has 1 fully saturated rings. The SMILES string of the molecule is Cc1nc2c3c(nn2c(C)c1Cl)CN(C(=O)c1ccccc1CN1CCC(NC(=O)OC(C)(C)C)CC1)C3. The standard InChI is InChI=1S/C28H35ClN6O3/c1-17-24(29)18(2)35-25(30-17)22-15-34(16-23(22)32-35)26(36)21-9-7-6-8-19(21)14-33-12-10-20(11-13-33)31-27(37)38-28(3,4)5/h6-9,20H,10-16H2,1-5H3,(H,31,37). The molecule has 2 aromatic heterocycles. The molecule has 202 valence electrons. The normalized spacial score (nSPS) is 16.6. The van der Waals surface area contributed by atoms with Crippen molar-refractivity contribution in [3.05, 3.63) is 63.1 Å². The third kappa shape index (κ3) is 5.35. The summed E-state index contributed by atoms with van der Waals surface area (Å²) in [6.07, 6.45) is 1.31. The van der Waals surface area contributed by atoms with E-state index >= 15 is 0 Å². The lowest BCUT2D eigenvalue weighted by molar-refractivity contribution is 0.0476. The topological polar surface area (TPSA) is 92.1 Å². The molecule has 0 unspecified atom stereocenters. The molecular weight excluding hydrogens is 504 g/mol. The molecule has 2 aliphatic heterocycles. The summed E-state index contributed by atoms with van der Waals surface area (Å²) in [5.74, 6) is 0.000589. The highest BCUT2D eigenvalue weighted by Crippen LogP contribution is 2.30. The third-order valence-corrected chi connectivity index (χ3v) is 7.74. The summed E-state index contributed by atoms with van der Waals surface area (Å²) in [5, 5.41) is 8.32. The third-order valence-electron chi connectivity index (χ3n) is 7.19. The number of carbonyl (C=O) groups excluding carboxylic acids is 2. The smallest absolute Gasteiger partial charge is 0.407 e. The molecule has 2 aliphatic rings. The van der Waals surface area contributed by atoms with Gasteiger partial charge in [0.1, 0.15) is 5.60 Å². The molecule has 1 saturated heterocycles. The molecule has 10 heteroatoms. The predicted molar refractivity (Wildman–Crippen MR) is 145 cm³/mol. The maximum atomic E-state index is 13.7. The molecule has 5 rings (SSSR count). The van der Waals surface area contributed by atoms with Gasteiger partial charge >= 0.3 is 6.09 Å². The Balaban J connectivity index is 1.23. The summed E-state index contributed by atoms with van der Waals surface area (Å²) in [5.41, 5.74) is 5.45. The van der Waals surface area contributed by atoms with Gasteiger partial charge in [-0.25, -0.2) is 14.3 Å². The summed E-state index contributed by atoms with van der Waals surface area (Å²) in [6, 6.07) is 7.92. The molecule has 0 radical (unpaired) electrons. The zero-order valence-corrected chi connectivity index (χ0v) is 23.4. The number of rotatable bonds is 4. The number of amides is 2. The van der Waals surface area contributed by atoms with Gasteiger partial charge in [0.15, 0.2) is 5.65 Å². The van der Waals surface area contributed by atoms with Crippen LogP contribution in [-0.4, -0.2) is 61.1 Å². The van der Waals surface area contributed by atoms with Crippen LogP contribution in [0.15, 0.2) is 24.3 Å². The van der Waals surface area contributed by atoms with Crippen molar-refractivity contribution in [2.45, 2.75) is 78.7 Å². The van der Waals surface area contributed by atoms with Gasteiger partial charge in [-0.2, -0.15) is 5.10 Å². The fourth-order valence-corrected chi connectivity index (χ4v) is 5.37. The average Bonchev–Trinajstić information content (AvgIpc) is 3.42. The van der Waals surface area contributed by atoms with Gasteiger partial charge in [0.05, 0.1) is 35.2 Å². The van der Waals surface area contributed by atoms with Crippen molar-refractivity contribution < 1.29 is 14.3 Å². The minimum absolute atomic E-state index is 0.000589. The molecule has 4 heterocycles. The van der Waals surface area contributed by atoms with Crippen molar-refractivity contribution in [3.63, 3.8) is 0 Å². The summed E-state index contributed by atoms with van der Waals surface area (Å²) < 4.78 is 7.18. The largest absolute Gasteiger partial charge is 0.444 e. The van der Waals surface area contributed by atoms with Crippen LogP contribution in [-0.2, 0) is 24.4 Å². The van der Waals surface area contributed by atoms with E-state index in [-0.39, 0.29) is 18.0 Å². The van der Waals surface area contributed by atoms with Crippen LogP contribution in [0.5, 0.6) is 0 Å². The van der Waals surface area contributed by atoms with Crippen LogP contribution in [0.1, 0.15) is 72.2 Å². The van der Waals surface area contributed by atoms with Crippen LogP contribution < -0.4 is 5.32 Å². The average molecular weight is 539 g/mol. The number of hydrogen-bond donors (Lipinski definition) is 1. The summed E-state index contributed by atoms with van der Waals surface area (Å²) >= 11 is 6.37. The van der Waals surface area contributed by atoms with Crippen LogP contribution in [0.25, 0.3) is 5.65 Å². The molecule has 2 amide bonds. The first-order valence-corrected chi connectivity index (χ1v) is 13.5. The predicted octanol–water partition coefficient (Wildman–Crippen LogP) is 4.64. The molecule has 0 atom stereocenters. The number of fused-ring (bicyclic) bond motifs is 3. The Kier molecular flexibility index (Phi) is 7.09. The minimum atomic E-state index is -0.509. The molecule has 0 aliphatic carbocycles. The second-order valence-electron chi connectivity index (χ2n) is 11.3. The van der Waals surface area contributed by atoms with Crippen LogP contribution >= 0.6 is 11.6 Å². The van der Waals surface area contributed by atoms with E-state index in [9.17, 15) is 9.59 Å². The monoisotopic (exact) mass is 538 g/mol. The van der Waals surface area contributed by atoms with Gasteiger partial charge in [-0.05, 0) is 59.1 Å². The lowest BCUT2D eigenvalue weighted by Gasteiger charge is -2.33. The highest BCUT2D eigenvalue weighted by Gasteiger charge is 2.32. The van der Waals surface area contributed by atoms with Crippen molar-refractivity contribution in [3.8, 4) is 0 Å². The Morgan fingerprint density at radius 2 is 1.84 bits per heavy atom. The number of carbonyl (C=O) groups is 2. The number of piperidine rings is 1. The molecule has 3 aromatic rings. The van der Waals surface area contributed by atoms with E-state index in [0.717, 1.165) is 59.8 Å². The Hall–Kier alpha value is -3.17. The highest BCUT2D eigenvalue weighted by atomic mass is 35.5. The van der Waals surface area contributed by atoms with E-state index in [2.05, 4.69) is 15.2 Å². The minimum Gasteiger partial charge on any atom is -0.444 e. The maximum absolute atomic E-state index is 13.7. The van der Waals surface area contributed by atoms with Gasteiger partial charge in [-0.3, -0.25) is 9.69 Å². The molecular formula is C28H35ClN6O3. The second-order valence-corrected chi connectivity index (χ2v) is 11.7. The van der Waals surface area contributed by atoms with E-state index in [1.807, 2.05) is 63.8 Å². The molecule has 0 saturated carbocycles. The van der Waals surface area contributed by atoms with E-state index in [0.29, 0.717) is 30.2 Å². The lowest BCUT2D eigenvalue weighted by atomic mass is 10.0. The van der Waals surface area contributed by atoms with E-state index in [4.69, 9.17) is 21.4 Å². The second kappa shape index (κ2) is 10.2. The van der Waals surface area contributed by atoms with Crippen LogP contribution in [0.4, 0.5) is 4.79 Å².